The summed E-state index contributed by atoms with van der Waals surface area (Å²) in [5.41, 5.74) is 0.360. The first kappa shape index (κ1) is 21.5. The number of ether oxygens (including phenoxy) is 1. The van der Waals surface area contributed by atoms with Gasteiger partial charge in [0.25, 0.3) is 5.91 Å². The van der Waals surface area contributed by atoms with Crippen molar-refractivity contribution in [3.05, 3.63) is 52.5 Å². The average molecular weight is 431 g/mol. The number of nitrogens with zero attached hydrogens (tertiary/aromatic N) is 1. The molecule has 1 amide bonds. The molecule has 2 rings (SSSR count). The Kier molecular flexibility index (Phi) is 7.49. The van der Waals surface area contributed by atoms with E-state index in [0.29, 0.717) is 34.6 Å². The minimum Gasteiger partial charge on any atom is -0.482 e. The van der Waals surface area contributed by atoms with E-state index in [2.05, 4.69) is 5.32 Å². The summed E-state index contributed by atoms with van der Waals surface area (Å²) in [6.45, 7) is 3.99. The van der Waals surface area contributed by atoms with E-state index in [1.807, 2.05) is 0 Å². The lowest BCUT2D eigenvalue weighted by Crippen LogP contribution is -2.30. The highest BCUT2D eigenvalue weighted by Crippen LogP contribution is 2.27. The van der Waals surface area contributed by atoms with Crippen molar-refractivity contribution in [3.8, 4) is 5.75 Å². The highest BCUT2D eigenvalue weighted by molar-refractivity contribution is 7.89. The lowest BCUT2D eigenvalue weighted by atomic mass is 10.3. The van der Waals surface area contributed by atoms with Crippen LogP contribution in [0.3, 0.4) is 0 Å². The lowest BCUT2D eigenvalue weighted by Gasteiger charge is -2.18. The third-order valence-corrected chi connectivity index (χ3v) is 6.29. The van der Waals surface area contributed by atoms with Crippen molar-refractivity contribution in [1.82, 2.24) is 4.31 Å². The molecule has 0 unspecified atom stereocenters. The van der Waals surface area contributed by atoms with E-state index in [1.54, 1.807) is 38.1 Å². The molecule has 2 aromatic rings. The number of benzene rings is 2. The zero-order valence-corrected chi connectivity index (χ0v) is 17.2. The summed E-state index contributed by atoms with van der Waals surface area (Å²) >= 11 is 11.8. The highest BCUT2D eigenvalue weighted by atomic mass is 35.5. The van der Waals surface area contributed by atoms with Crippen LogP contribution >= 0.6 is 23.2 Å². The molecule has 0 atom stereocenters. The number of sulfonamides is 1. The Balaban J connectivity index is 2.06. The van der Waals surface area contributed by atoms with Crippen LogP contribution in [0.4, 0.5) is 5.69 Å². The predicted molar refractivity (Wildman–Crippen MR) is 107 cm³/mol. The number of hydrogen-bond donors (Lipinski definition) is 1. The molecule has 6 nitrogen and oxygen atoms in total. The summed E-state index contributed by atoms with van der Waals surface area (Å²) in [5, 5.41) is 3.37. The average Bonchev–Trinajstić information content (AvgIpc) is 2.62. The Bertz CT molecular complexity index is 915. The summed E-state index contributed by atoms with van der Waals surface area (Å²) in [5.74, 6) is -0.118. The van der Waals surface area contributed by atoms with Gasteiger partial charge < -0.3 is 10.1 Å². The maximum absolute atomic E-state index is 12.6. The molecule has 0 aliphatic heterocycles. The maximum atomic E-state index is 12.6. The number of carbonyl (C=O) groups is 1. The number of anilines is 1. The van der Waals surface area contributed by atoms with E-state index >= 15 is 0 Å². The monoisotopic (exact) mass is 430 g/mol. The predicted octanol–water partition coefficient (Wildman–Crippen LogP) is 4.04. The smallest absolute Gasteiger partial charge is 0.262 e. The first-order valence-corrected chi connectivity index (χ1v) is 10.5. The minimum absolute atomic E-state index is 0.116. The number of carbonyl (C=O) groups excluding carboxylic acids is 1. The Labute approximate surface area is 169 Å². The van der Waals surface area contributed by atoms with E-state index < -0.39 is 15.9 Å². The second-order valence-electron chi connectivity index (χ2n) is 5.53. The van der Waals surface area contributed by atoms with Gasteiger partial charge in [0.05, 0.1) is 9.92 Å². The van der Waals surface area contributed by atoms with Gasteiger partial charge in [-0.2, -0.15) is 4.31 Å². The van der Waals surface area contributed by atoms with Crippen LogP contribution in [-0.2, 0) is 14.8 Å². The van der Waals surface area contributed by atoms with Crippen molar-refractivity contribution >= 4 is 44.8 Å². The molecule has 2 aromatic carbocycles. The molecule has 0 aromatic heterocycles. The van der Waals surface area contributed by atoms with Gasteiger partial charge in [-0.3, -0.25) is 4.79 Å². The van der Waals surface area contributed by atoms with Crippen molar-refractivity contribution in [3.63, 3.8) is 0 Å². The number of amides is 1. The normalized spacial score (nSPS) is 11.4. The summed E-state index contributed by atoms with van der Waals surface area (Å²) < 4.78 is 31.9. The van der Waals surface area contributed by atoms with Crippen LogP contribution in [0.25, 0.3) is 0 Å². The van der Waals surface area contributed by atoms with Crippen LogP contribution in [0.5, 0.6) is 5.75 Å². The topological polar surface area (TPSA) is 75.7 Å². The van der Waals surface area contributed by atoms with Gasteiger partial charge in [-0.25, -0.2) is 8.42 Å². The van der Waals surface area contributed by atoms with Crippen LogP contribution in [0, 0.1) is 0 Å². The Morgan fingerprint density at radius 3 is 2.44 bits per heavy atom. The minimum atomic E-state index is -3.60. The fourth-order valence-electron chi connectivity index (χ4n) is 2.38. The molecule has 1 N–H and O–H groups in total. The summed E-state index contributed by atoms with van der Waals surface area (Å²) in [6.07, 6.45) is 0. The van der Waals surface area contributed by atoms with E-state index in [4.69, 9.17) is 27.9 Å². The summed E-state index contributed by atoms with van der Waals surface area (Å²) in [6, 6.07) is 10.8. The maximum Gasteiger partial charge on any atom is 0.262 e. The first-order chi connectivity index (χ1) is 12.8. The molecule has 0 spiro atoms. The zero-order valence-electron chi connectivity index (χ0n) is 14.9. The highest BCUT2D eigenvalue weighted by Gasteiger charge is 2.21. The van der Waals surface area contributed by atoms with Crippen molar-refractivity contribution < 1.29 is 17.9 Å². The van der Waals surface area contributed by atoms with Crippen LogP contribution in [-0.4, -0.2) is 38.3 Å². The largest absolute Gasteiger partial charge is 0.482 e. The third-order valence-electron chi connectivity index (χ3n) is 3.71. The molecule has 0 aliphatic carbocycles. The van der Waals surface area contributed by atoms with Gasteiger partial charge in [-0.05, 0) is 36.4 Å². The van der Waals surface area contributed by atoms with Gasteiger partial charge in [0.1, 0.15) is 5.75 Å². The quantitative estimate of drug-likeness (QED) is 0.685. The number of halogens is 2. The molecule has 0 bridgehead atoms. The van der Waals surface area contributed by atoms with Crippen molar-refractivity contribution in [2.24, 2.45) is 0 Å². The lowest BCUT2D eigenvalue weighted by molar-refractivity contribution is -0.118. The molecule has 0 heterocycles. The molecule has 146 valence electrons. The molecule has 0 radical (unpaired) electrons. The second-order valence-corrected chi connectivity index (χ2v) is 8.31. The van der Waals surface area contributed by atoms with E-state index in [9.17, 15) is 13.2 Å². The molecule has 0 aliphatic rings. The van der Waals surface area contributed by atoms with E-state index in [1.165, 1.54) is 22.5 Å². The zero-order chi connectivity index (χ0) is 20.0. The number of rotatable bonds is 8. The molecule has 9 heteroatoms. The van der Waals surface area contributed by atoms with Crippen molar-refractivity contribution in [2.75, 3.05) is 25.0 Å². The number of hydrogen-bond acceptors (Lipinski definition) is 4. The molecule has 0 fully saturated rings. The standard InChI is InChI=1S/C18H20Cl2N2O4S/c1-3-22(4-2)27(24,25)15-7-5-6-14(11-15)21-18(23)12-26-17-9-8-13(19)10-16(17)20/h5-11H,3-4,12H2,1-2H3,(H,21,23). The van der Waals surface area contributed by atoms with E-state index in [0.717, 1.165) is 0 Å². The molecule has 27 heavy (non-hydrogen) atoms. The van der Waals surface area contributed by atoms with Gasteiger partial charge in [-0.15, -0.1) is 0 Å². The van der Waals surface area contributed by atoms with Gasteiger partial charge in [-0.1, -0.05) is 43.1 Å². The summed E-state index contributed by atoms with van der Waals surface area (Å²) in [7, 11) is -3.60. The van der Waals surface area contributed by atoms with Gasteiger partial charge in [0.2, 0.25) is 10.0 Å². The van der Waals surface area contributed by atoms with Crippen molar-refractivity contribution in [2.45, 2.75) is 18.7 Å². The first-order valence-electron chi connectivity index (χ1n) is 8.25. The Morgan fingerprint density at radius 2 is 1.81 bits per heavy atom. The molecule has 0 saturated carbocycles. The number of nitrogens with one attached hydrogen (secondary N) is 1. The fraction of sp³-hybridized carbons (Fsp3) is 0.278. The van der Waals surface area contributed by atoms with Crippen LogP contribution < -0.4 is 10.1 Å². The van der Waals surface area contributed by atoms with Gasteiger partial charge >= 0.3 is 0 Å². The van der Waals surface area contributed by atoms with Crippen molar-refractivity contribution in [1.29, 1.82) is 0 Å². The van der Waals surface area contributed by atoms with E-state index in [-0.39, 0.29) is 11.5 Å². The van der Waals surface area contributed by atoms with Crippen LogP contribution in [0.15, 0.2) is 47.4 Å². The van der Waals surface area contributed by atoms with Crippen LogP contribution in [0.1, 0.15) is 13.8 Å². The SMILES string of the molecule is CCN(CC)S(=O)(=O)c1cccc(NC(=O)COc2ccc(Cl)cc2Cl)c1. The van der Waals surface area contributed by atoms with Crippen LogP contribution in [0.2, 0.25) is 10.0 Å². The third kappa shape index (κ3) is 5.59. The molecular formula is C18H20Cl2N2O4S. The Morgan fingerprint density at radius 1 is 1.11 bits per heavy atom. The van der Waals surface area contributed by atoms with Gasteiger partial charge in [0.15, 0.2) is 6.61 Å². The fourth-order valence-corrected chi connectivity index (χ4v) is 4.35. The van der Waals surface area contributed by atoms with Gasteiger partial charge in [0, 0.05) is 23.8 Å². The Hall–Kier alpha value is -1.80. The molecular weight excluding hydrogens is 411 g/mol. The summed E-state index contributed by atoms with van der Waals surface area (Å²) in [4.78, 5) is 12.2. The molecule has 0 saturated heterocycles. The second kappa shape index (κ2) is 9.41.